The van der Waals surface area contributed by atoms with Crippen molar-refractivity contribution in [2.24, 2.45) is 9.46 Å². The van der Waals surface area contributed by atoms with Gasteiger partial charge in [-0.05, 0) is 45.8 Å². The fourth-order valence-electron chi connectivity index (χ4n) is 4.93. The van der Waals surface area contributed by atoms with Gasteiger partial charge in [0, 0.05) is 39.2 Å². The lowest BCUT2D eigenvalue weighted by Crippen LogP contribution is -2.48. The van der Waals surface area contributed by atoms with Gasteiger partial charge >= 0.3 is 10.5 Å². The van der Waals surface area contributed by atoms with Crippen LogP contribution < -0.4 is 10.3 Å². The van der Waals surface area contributed by atoms with Gasteiger partial charge in [0.15, 0.2) is 0 Å². The topological polar surface area (TPSA) is 94.4 Å². The minimum absolute atomic E-state index is 0.0944. The Morgan fingerprint density at radius 2 is 1.68 bits per heavy atom. The summed E-state index contributed by atoms with van der Waals surface area (Å²) in [6.45, 7) is 0. The molecule has 3 aromatic carbocycles. The number of nitrogens with one attached hydrogen (secondary N) is 1. The van der Waals surface area contributed by atoms with Crippen LogP contribution in [0.4, 0.5) is 5.69 Å². The number of nitrogens with zero attached hydrogens (tertiary/aromatic N) is 4. The molecule has 0 spiro atoms. The molecule has 1 aliphatic rings. The van der Waals surface area contributed by atoms with Crippen LogP contribution in [0, 0.1) is 0 Å². The minimum Gasteiger partial charge on any atom is -0.363 e. The summed E-state index contributed by atoms with van der Waals surface area (Å²) in [6, 6.07) is 20.5. The predicted octanol–water partition coefficient (Wildman–Crippen LogP) is 4.23. The fraction of sp³-hybridized carbons (Fsp3) is 0.357. The summed E-state index contributed by atoms with van der Waals surface area (Å²) in [7, 11) is 2.88. The summed E-state index contributed by atoms with van der Waals surface area (Å²) in [5.74, 6) is 0.610. The zero-order chi connectivity index (χ0) is 26.4. The minimum atomic E-state index is -2.75. The Hall–Kier alpha value is -3.72. The van der Waals surface area contributed by atoms with Crippen LogP contribution in [0.15, 0.2) is 76.2 Å². The Morgan fingerprint density at radius 1 is 1.00 bits per heavy atom. The highest BCUT2D eigenvalue weighted by molar-refractivity contribution is 7.61. The molecule has 4 rings (SSSR count). The van der Waals surface area contributed by atoms with Gasteiger partial charge in [-0.25, -0.2) is 5.01 Å². The zero-order valence-corrected chi connectivity index (χ0v) is 22.3. The molecule has 1 saturated carbocycles. The Bertz CT molecular complexity index is 1400. The zero-order valence-electron chi connectivity index (χ0n) is 21.5. The van der Waals surface area contributed by atoms with E-state index in [1.54, 1.807) is 13.1 Å². The van der Waals surface area contributed by atoms with E-state index < -0.39 is 16.5 Å². The number of benzene rings is 3. The van der Waals surface area contributed by atoms with Crippen molar-refractivity contribution in [1.29, 1.82) is 0 Å². The van der Waals surface area contributed by atoms with Gasteiger partial charge in [0.25, 0.3) is 0 Å². The number of amidine groups is 1. The number of rotatable bonds is 8. The molecule has 0 radical (unpaired) electrons. The third kappa shape index (κ3) is 6.54. The second kappa shape index (κ2) is 12.0. The molecule has 0 unspecified atom stereocenters. The second-order valence-electron chi connectivity index (χ2n) is 9.52. The van der Waals surface area contributed by atoms with Crippen LogP contribution in [0.1, 0.15) is 36.8 Å². The summed E-state index contributed by atoms with van der Waals surface area (Å²) in [5.41, 5.74) is 2.39. The smallest absolute Gasteiger partial charge is 0.333 e. The van der Waals surface area contributed by atoms with E-state index in [4.69, 9.17) is 0 Å². The number of aliphatic imine (C=N–C) groups is 1. The normalized spacial score (nSPS) is 14.8. The molecule has 9 heteroatoms. The molecule has 1 fully saturated rings. The molecule has 0 heterocycles. The highest BCUT2D eigenvalue weighted by Crippen LogP contribution is 2.26. The van der Waals surface area contributed by atoms with E-state index in [0.717, 1.165) is 53.4 Å². The van der Waals surface area contributed by atoms with Crippen molar-refractivity contribution in [1.82, 2.24) is 10.2 Å². The first-order valence-electron chi connectivity index (χ1n) is 12.5. The number of carbonyl (C=O) groups excluding carboxylic acids is 1. The van der Waals surface area contributed by atoms with Crippen LogP contribution in [0.3, 0.4) is 0 Å². The lowest BCUT2D eigenvalue weighted by atomic mass is 10.0. The number of anilines is 1. The monoisotopic (exact) mass is 519 g/mol. The van der Waals surface area contributed by atoms with E-state index in [0.29, 0.717) is 5.69 Å². The van der Waals surface area contributed by atoms with Gasteiger partial charge in [-0.2, -0.15) is 8.42 Å². The lowest BCUT2D eigenvalue weighted by molar-refractivity contribution is -0.123. The molecule has 194 valence electrons. The van der Waals surface area contributed by atoms with Crippen molar-refractivity contribution in [3.63, 3.8) is 0 Å². The molecule has 37 heavy (non-hydrogen) atoms. The third-order valence-electron chi connectivity index (χ3n) is 6.73. The molecular weight excluding hydrogens is 486 g/mol. The third-order valence-corrected chi connectivity index (χ3v) is 7.04. The van der Waals surface area contributed by atoms with E-state index in [1.807, 2.05) is 79.7 Å². The largest absolute Gasteiger partial charge is 0.363 e. The van der Waals surface area contributed by atoms with Crippen molar-refractivity contribution in [2.45, 2.75) is 44.2 Å². The highest BCUT2D eigenvalue weighted by Gasteiger charge is 2.30. The molecule has 1 aliphatic carbocycles. The molecule has 3 aromatic rings. The van der Waals surface area contributed by atoms with Crippen LogP contribution in [0.25, 0.3) is 10.8 Å². The van der Waals surface area contributed by atoms with Gasteiger partial charge in [-0.15, -0.1) is 0 Å². The van der Waals surface area contributed by atoms with Crippen molar-refractivity contribution in [3.8, 4) is 0 Å². The van der Waals surface area contributed by atoms with E-state index >= 15 is 0 Å². The van der Waals surface area contributed by atoms with Crippen LogP contribution in [0.5, 0.6) is 0 Å². The SMILES string of the molecule is CN=C(c1ccc(C[C@@H](C(=O)NC2CCCC2)N(N=S(=O)=O)c2ccc3ccccc3c2)cc1)N(C)C. The van der Waals surface area contributed by atoms with Crippen LogP contribution >= 0.6 is 0 Å². The average molecular weight is 520 g/mol. The molecule has 8 nitrogen and oxygen atoms in total. The molecular formula is C28H33N5O3S. The van der Waals surface area contributed by atoms with Crippen LogP contribution in [-0.4, -0.2) is 58.3 Å². The van der Waals surface area contributed by atoms with Gasteiger partial charge in [0.05, 0.1) is 5.69 Å². The quantitative estimate of drug-likeness (QED) is 0.273. The summed E-state index contributed by atoms with van der Waals surface area (Å²) in [6.07, 6.45) is 4.29. The average Bonchev–Trinajstić information content (AvgIpc) is 3.39. The molecule has 1 atom stereocenters. The summed E-state index contributed by atoms with van der Waals surface area (Å²) in [5, 5.41) is 6.44. The molecule has 0 aromatic heterocycles. The van der Waals surface area contributed by atoms with Crippen molar-refractivity contribution < 1.29 is 13.2 Å². The molecule has 0 aliphatic heterocycles. The number of fused-ring (bicyclic) bond motifs is 1. The number of amides is 1. The molecule has 0 bridgehead atoms. The van der Waals surface area contributed by atoms with Gasteiger partial charge in [-0.1, -0.05) is 67.4 Å². The summed E-state index contributed by atoms with van der Waals surface area (Å²) < 4.78 is 27.6. The summed E-state index contributed by atoms with van der Waals surface area (Å²) in [4.78, 5) is 19.9. The van der Waals surface area contributed by atoms with Crippen molar-refractivity contribution in [3.05, 3.63) is 77.9 Å². The van der Waals surface area contributed by atoms with E-state index in [-0.39, 0.29) is 18.4 Å². The number of hydrogen-bond acceptors (Lipinski definition) is 5. The van der Waals surface area contributed by atoms with E-state index in [9.17, 15) is 13.2 Å². The Morgan fingerprint density at radius 3 is 2.30 bits per heavy atom. The predicted molar refractivity (Wildman–Crippen MR) is 148 cm³/mol. The van der Waals surface area contributed by atoms with E-state index in [2.05, 4.69) is 14.8 Å². The first-order chi connectivity index (χ1) is 17.9. The lowest BCUT2D eigenvalue weighted by Gasteiger charge is -2.28. The molecule has 1 N–H and O–H groups in total. The van der Waals surface area contributed by atoms with Gasteiger partial charge in [-0.3, -0.25) is 9.79 Å². The summed E-state index contributed by atoms with van der Waals surface area (Å²) >= 11 is 0. The Labute approximate surface area is 219 Å². The maximum Gasteiger partial charge on any atom is 0.333 e. The Kier molecular flexibility index (Phi) is 8.55. The van der Waals surface area contributed by atoms with Crippen molar-refractivity contribution >= 4 is 38.7 Å². The van der Waals surface area contributed by atoms with Gasteiger partial charge < -0.3 is 10.2 Å². The van der Waals surface area contributed by atoms with Crippen LogP contribution in [0.2, 0.25) is 0 Å². The van der Waals surface area contributed by atoms with Crippen molar-refractivity contribution in [2.75, 3.05) is 26.2 Å². The fourth-order valence-corrected chi connectivity index (χ4v) is 5.28. The molecule has 0 saturated heterocycles. The van der Waals surface area contributed by atoms with Gasteiger partial charge in [0.2, 0.25) is 5.91 Å². The maximum absolute atomic E-state index is 13.6. The number of hydrogen-bond donors (Lipinski definition) is 1. The molecule has 1 amide bonds. The highest BCUT2D eigenvalue weighted by atomic mass is 32.2. The first-order valence-corrected chi connectivity index (χ1v) is 13.5. The number of carbonyl (C=O) groups is 1. The standard InChI is InChI=1S/C28H33N5O3S/c1-29-27(32(2)3)22-14-12-20(13-15-22)18-26(28(34)30-24-10-6-7-11-24)33(31-37(35)36)25-17-16-21-8-4-5-9-23(21)19-25/h4-5,8-9,12-17,19,24,26H,6-7,10-11,18H2,1-3H3,(H,30,34)/t26-/m0/s1. The maximum atomic E-state index is 13.6. The first kappa shape index (κ1) is 26.3. The van der Waals surface area contributed by atoms with Gasteiger partial charge in [0.1, 0.15) is 11.9 Å². The second-order valence-corrected chi connectivity index (χ2v) is 10.1. The Balaban J connectivity index is 1.72. The van der Waals surface area contributed by atoms with Crippen LogP contribution in [-0.2, 0) is 21.7 Å². The van der Waals surface area contributed by atoms with E-state index in [1.165, 1.54) is 5.01 Å².